The lowest BCUT2D eigenvalue weighted by molar-refractivity contribution is -0.121. The molecule has 0 spiro atoms. The molecule has 37 heavy (non-hydrogen) atoms. The van der Waals surface area contributed by atoms with Crippen molar-refractivity contribution in [3.63, 3.8) is 0 Å². The van der Waals surface area contributed by atoms with Crippen LogP contribution in [-0.4, -0.2) is 27.8 Å². The molecule has 0 aromatic heterocycles. The third-order valence-corrected chi connectivity index (χ3v) is 6.04. The van der Waals surface area contributed by atoms with Gasteiger partial charge in [-0.05, 0) is 65.6 Å². The van der Waals surface area contributed by atoms with Crippen LogP contribution in [0.3, 0.4) is 0 Å². The Morgan fingerprint density at radius 3 is 1.70 bits per heavy atom. The Kier molecular flexibility index (Phi) is 7.88. The summed E-state index contributed by atoms with van der Waals surface area (Å²) in [5.41, 5.74) is 9.14. The van der Waals surface area contributed by atoms with E-state index in [1.807, 2.05) is 42.5 Å². The first-order valence-corrected chi connectivity index (χ1v) is 13.0. The number of hydrogen-bond donors (Lipinski definition) is 4. The van der Waals surface area contributed by atoms with E-state index in [-0.39, 0.29) is 0 Å². The van der Waals surface area contributed by atoms with E-state index in [2.05, 4.69) is 46.2 Å². The lowest BCUT2D eigenvalue weighted by Crippen LogP contribution is -2.52. The van der Waals surface area contributed by atoms with Gasteiger partial charge in [0.1, 0.15) is 17.0 Å². The monoisotopic (exact) mass is 518 g/mol. The van der Waals surface area contributed by atoms with Crippen molar-refractivity contribution in [3.05, 3.63) is 103 Å². The van der Waals surface area contributed by atoms with Crippen LogP contribution in [0.5, 0.6) is 11.5 Å². The molecule has 0 heterocycles. The average molecular weight is 519 g/mol. The molecule has 0 saturated heterocycles. The minimum atomic E-state index is -4.74. The predicted octanol–water partition coefficient (Wildman–Crippen LogP) is 5.58. The second kappa shape index (κ2) is 11.1. The van der Waals surface area contributed by atoms with Crippen molar-refractivity contribution < 1.29 is 28.4 Å². The summed E-state index contributed by atoms with van der Waals surface area (Å²) in [7, 11) is -4.74. The highest BCUT2D eigenvalue weighted by atomic mass is 31.2. The third kappa shape index (κ3) is 7.36. The molecule has 4 rings (SSSR count). The minimum absolute atomic E-state index is 0.444. The fraction of sp³-hybridized carbons (Fsp3) is 0.107. The van der Waals surface area contributed by atoms with Crippen molar-refractivity contribution >= 4 is 19.4 Å². The van der Waals surface area contributed by atoms with Gasteiger partial charge in [0.15, 0.2) is 0 Å². The molecule has 0 aliphatic carbocycles. The Hall–Kier alpha value is -3.78. The zero-order valence-electron chi connectivity index (χ0n) is 20.1. The van der Waals surface area contributed by atoms with Crippen LogP contribution in [0.25, 0.3) is 22.3 Å². The molecule has 4 aromatic carbocycles. The Labute approximate surface area is 214 Å². The molecule has 0 unspecified atom stereocenters. The fourth-order valence-electron chi connectivity index (χ4n) is 3.50. The van der Waals surface area contributed by atoms with Gasteiger partial charge in [0.2, 0.25) is 5.91 Å². The maximum absolute atomic E-state index is 12.4. The molecule has 8 nitrogen and oxygen atoms in total. The van der Waals surface area contributed by atoms with Gasteiger partial charge in [-0.2, -0.15) is 0 Å². The number of carbonyl (C=O) groups is 1. The number of hydrogen-bond acceptors (Lipinski definition) is 5. The number of carbonyl (C=O) groups excluding carboxylic acids is 1. The maximum atomic E-state index is 12.4. The number of ether oxygens (including phenoxy) is 1. The summed E-state index contributed by atoms with van der Waals surface area (Å²) in [6, 6.07) is 33.0. The Morgan fingerprint density at radius 2 is 1.22 bits per heavy atom. The molecule has 0 radical (unpaired) electrons. The Balaban J connectivity index is 1.35. The summed E-state index contributed by atoms with van der Waals surface area (Å²) in [4.78, 5) is 30.0. The van der Waals surface area contributed by atoms with Crippen LogP contribution in [0.2, 0.25) is 0 Å². The summed E-state index contributed by atoms with van der Waals surface area (Å²) < 4.78 is 21.1. The van der Waals surface area contributed by atoms with E-state index in [9.17, 15) is 9.36 Å². The van der Waals surface area contributed by atoms with Gasteiger partial charge in [-0.3, -0.25) is 9.32 Å². The molecule has 0 bridgehead atoms. The number of benzene rings is 4. The van der Waals surface area contributed by atoms with Crippen LogP contribution in [0, 0.1) is 0 Å². The zero-order chi connectivity index (χ0) is 26.5. The molecular weight excluding hydrogens is 491 g/mol. The van der Waals surface area contributed by atoms with Gasteiger partial charge < -0.3 is 25.6 Å². The Bertz CT molecular complexity index is 1380. The number of anilines is 1. The van der Waals surface area contributed by atoms with Crippen LogP contribution in [-0.2, 0) is 13.9 Å². The van der Waals surface area contributed by atoms with Crippen LogP contribution >= 0.6 is 7.82 Å². The molecule has 0 aliphatic heterocycles. The molecule has 0 aliphatic rings. The highest BCUT2D eigenvalue weighted by molar-refractivity contribution is 7.46. The molecule has 5 N–H and O–H groups in total. The molecule has 190 valence electrons. The third-order valence-electron chi connectivity index (χ3n) is 5.58. The quantitative estimate of drug-likeness (QED) is 0.213. The molecule has 0 saturated carbocycles. The van der Waals surface area contributed by atoms with Crippen LogP contribution in [0.1, 0.15) is 6.92 Å². The zero-order valence-corrected chi connectivity index (χ0v) is 21.0. The lowest BCUT2D eigenvalue weighted by atomic mass is 10.0. The number of phosphoric acid groups is 1. The van der Waals surface area contributed by atoms with E-state index in [0.29, 0.717) is 17.2 Å². The number of nitrogens with two attached hydrogens (primary N) is 1. The van der Waals surface area contributed by atoms with Crippen molar-refractivity contribution in [2.24, 2.45) is 5.73 Å². The first-order chi connectivity index (χ1) is 17.6. The van der Waals surface area contributed by atoms with Crippen LogP contribution < -0.4 is 15.8 Å². The van der Waals surface area contributed by atoms with Crippen molar-refractivity contribution in [2.75, 3.05) is 11.9 Å². The number of amides is 1. The van der Waals surface area contributed by atoms with Gasteiger partial charge in [-0.25, -0.2) is 4.57 Å². The van der Waals surface area contributed by atoms with Gasteiger partial charge in [0, 0.05) is 5.69 Å². The van der Waals surface area contributed by atoms with E-state index >= 15 is 0 Å². The topological polar surface area (TPSA) is 131 Å². The van der Waals surface area contributed by atoms with Gasteiger partial charge in [0.05, 0.1) is 6.61 Å². The first kappa shape index (κ1) is 26.3. The van der Waals surface area contributed by atoms with Crippen molar-refractivity contribution in [3.8, 4) is 33.8 Å². The standard InChI is InChI=1S/C28H27N2O6P/c1-28(29,19-35-37(32,33)34)27(31)30-24-13-17-26(18-14-24)36-25-15-11-23(12-16-25)22-9-7-21(8-10-22)20-5-3-2-4-6-20/h2-18H,19,29H2,1H3,(H,30,31)(H2,32,33,34)/t28-/m0/s1. The predicted molar refractivity (Wildman–Crippen MR) is 143 cm³/mol. The minimum Gasteiger partial charge on any atom is -0.457 e. The largest absolute Gasteiger partial charge is 0.469 e. The summed E-state index contributed by atoms with van der Waals surface area (Å²) in [6.45, 7) is 0.675. The van der Waals surface area contributed by atoms with E-state index in [0.717, 1.165) is 16.7 Å². The van der Waals surface area contributed by atoms with Gasteiger partial charge in [0.25, 0.3) is 0 Å². The van der Waals surface area contributed by atoms with Crippen molar-refractivity contribution in [2.45, 2.75) is 12.5 Å². The second-order valence-corrected chi connectivity index (χ2v) is 9.97. The van der Waals surface area contributed by atoms with Crippen LogP contribution in [0.4, 0.5) is 5.69 Å². The Morgan fingerprint density at radius 1 is 0.784 bits per heavy atom. The van der Waals surface area contributed by atoms with Crippen molar-refractivity contribution in [1.29, 1.82) is 0 Å². The number of nitrogens with one attached hydrogen (secondary N) is 1. The normalized spacial score (nSPS) is 13.0. The summed E-state index contributed by atoms with van der Waals surface area (Å²) in [5.74, 6) is 0.575. The van der Waals surface area contributed by atoms with E-state index in [4.69, 9.17) is 20.3 Å². The average Bonchev–Trinajstić information content (AvgIpc) is 2.89. The first-order valence-electron chi connectivity index (χ1n) is 11.4. The maximum Gasteiger partial charge on any atom is 0.469 e. The van der Waals surface area contributed by atoms with Gasteiger partial charge >= 0.3 is 7.82 Å². The lowest BCUT2D eigenvalue weighted by Gasteiger charge is -2.23. The molecule has 4 aromatic rings. The summed E-state index contributed by atoms with van der Waals surface area (Å²) >= 11 is 0. The molecule has 1 amide bonds. The SMILES string of the molecule is C[C@](N)(COP(=O)(O)O)C(=O)Nc1ccc(Oc2ccc(-c3ccc(-c4ccccc4)cc3)cc2)cc1. The summed E-state index contributed by atoms with van der Waals surface area (Å²) in [5, 5.41) is 2.60. The summed E-state index contributed by atoms with van der Waals surface area (Å²) in [6.07, 6.45) is 0. The van der Waals surface area contributed by atoms with Crippen LogP contribution in [0.15, 0.2) is 103 Å². The highest BCUT2D eigenvalue weighted by Gasteiger charge is 2.32. The molecule has 0 fully saturated rings. The van der Waals surface area contributed by atoms with E-state index in [1.54, 1.807) is 24.3 Å². The number of rotatable bonds is 9. The number of phosphoric ester groups is 1. The molecule has 9 heteroatoms. The molecule has 1 atom stereocenters. The second-order valence-electron chi connectivity index (χ2n) is 8.73. The van der Waals surface area contributed by atoms with Gasteiger partial charge in [-0.1, -0.05) is 66.7 Å². The fourth-order valence-corrected chi connectivity index (χ4v) is 3.94. The smallest absolute Gasteiger partial charge is 0.457 e. The highest BCUT2D eigenvalue weighted by Crippen LogP contribution is 2.36. The van der Waals surface area contributed by atoms with Crippen molar-refractivity contribution in [1.82, 2.24) is 0 Å². The molecular formula is C28H27N2O6P. The van der Waals surface area contributed by atoms with Gasteiger partial charge in [-0.15, -0.1) is 0 Å². The van der Waals surface area contributed by atoms with E-state index < -0.39 is 25.9 Å². The van der Waals surface area contributed by atoms with E-state index in [1.165, 1.54) is 12.5 Å².